The number of hydrogen-bond acceptors (Lipinski definition) is 3. The summed E-state index contributed by atoms with van der Waals surface area (Å²) in [5, 5.41) is 4.42. The van der Waals surface area contributed by atoms with E-state index in [1.165, 1.54) is 12.8 Å². The molecule has 2 atom stereocenters. The highest BCUT2D eigenvalue weighted by Gasteiger charge is 2.29. The Labute approximate surface area is 166 Å². The number of benzene rings is 1. The van der Waals surface area contributed by atoms with Crippen LogP contribution in [-0.4, -0.2) is 43.6 Å². The van der Waals surface area contributed by atoms with Crippen LogP contribution in [0.5, 0.6) is 5.75 Å². The summed E-state index contributed by atoms with van der Waals surface area (Å²) in [6.07, 6.45) is 5.79. The number of nitrogens with one attached hydrogen (secondary N) is 1. The quantitative estimate of drug-likeness (QED) is 0.671. The molecule has 1 aromatic rings. The van der Waals surface area contributed by atoms with Gasteiger partial charge in [0.05, 0.1) is 11.6 Å². The van der Waals surface area contributed by atoms with Gasteiger partial charge in [-0.25, -0.2) is 0 Å². The molecule has 1 fully saturated rings. The summed E-state index contributed by atoms with van der Waals surface area (Å²) in [6, 6.07) is 5.83. The summed E-state index contributed by atoms with van der Waals surface area (Å²) < 4.78 is 5.64. The van der Waals surface area contributed by atoms with E-state index in [0.717, 1.165) is 12.8 Å². The second-order valence-corrected chi connectivity index (χ2v) is 7.12. The van der Waals surface area contributed by atoms with Crippen LogP contribution in [0.1, 0.15) is 38.5 Å². The molecule has 1 aliphatic carbocycles. The molecule has 4 nitrogen and oxygen atoms in total. The summed E-state index contributed by atoms with van der Waals surface area (Å²) in [7, 11) is 3.89. The van der Waals surface area contributed by atoms with Crippen LogP contribution in [0.2, 0.25) is 10.0 Å². The van der Waals surface area contributed by atoms with Crippen molar-refractivity contribution in [2.24, 2.45) is 0 Å². The number of halogens is 3. The maximum atomic E-state index is 12.4. The number of amides is 1. The molecule has 1 amide bonds. The number of carbonyl (C=O) groups is 1. The lowest BCUT2D eigenvalue weighted by molar-refractivity contribution is -0.133. The van der Waals surface area contributed by atoms with Gasteiger partial charge >= 0.3 is 0 Å². The smallest absolute Gasteiger partial charge is 0.222 e. The minimum Gasteiger partial charge on any atom is -0.492 e. The Morgan fingerprint density at radius 3 is 2.72 bits per heavy atom. The van der Waals surface area contributed by atoms with Crippen LogP contribution in [0.15, 0.2) is 18.2 Å². The van der Waals surface area contributed by atoms with Crippen LogP contribution in [0.4, 0.5) is 0 Å². The van der Waals surface area contributed by atoms with Gasteiger partial charge in [0.15, 0.2) is 0 Å². The summed E-state index contributed by atoms with van der Waals surface area (Å²) in [4.78, 5) is 14.3. The highest BCUT2D eigenvalue weighted by atomic mass is 35.5. The number of carbonyl (C=O) groups excluding carboxylic acids is 1. The van der Waals surface area contributed by atoms with E-state index >= 15 is 0 Å². The van der Waals surface area contributed by atoms with Crippen LogP contribution in [0.3, 0.4) is 0 Å². The average molecular weight is 410 g/mol. The van der Waals surface area contributed by atoms with Crippen molar-refractivity contribution in [1.82, 2.24) is 10.2 Å². The predicted molar refractivity (Wildman–Crippen MR) is 106 cm³/mol. The highest BCUT2D eigenvalue weighted by Crippen LogP contribution is 2.27. The number of likely N-dealkylation sites (N-methyl/N-ethyl adjacent to an activating group) is 2. The summed E-state index contributed by atoms with van der Waals surface area (Å²) in [6.45, 7) is 0.459. The third-order valence-electron chi connectivity index (χ3n) is 4.68. The van der Waals surface area contributed by atoms with Crippen molar-refractivity contribution in [1.29, 1.82) is 0 Å². The normalized spacial score (nSPS) is 19.8. The Hall–Kier alpha value is -0.680. The van der Waals surface area contributed by atoms with Gasteiger partial charge in [-0.15, -0.1) is 12.4 Å². The zero-order valence-corrected chi connectivity index (χ0v) is 17.1. The average Bonchev–Trinajstić information content (AvgIpc) is 2.59. The molecule has 0 spiro atoms. The lowest BCUT2D eigenvalue weighted by atomic mass is 9.89. The molecule has 0 bridgehead atoms. The Morgan fingerprint density at radius 1 is 1.32 bits per heavy atom. The number of hydrogen-bond donors (Lipinski definition) is 1. The summed E-state index contributed by atoms with van der Waals surface area (Å²) in [5.41, 5.74) is 0. The van der Waals surface area contributed by atoms with Crippen LogP contribution in [0.25, 0.3) is 0 Å². The van der Waals surface area contributed by atoms with E-state index < -0.39 is 0 Å². The van der Waals surface area contributed by atoms with E-state index in [1.807, 2.05) is 19.0 Å². The molecule has 2 unspecified atom stereocenters. The molecule has 1 aromatic carbocycles. The third-order valence-corrected chi connectivity index (χ3v) is 5.21. The van der Waals surface area contributed by atoms with Crippen molar-refractivity contribution in [3.63, 3.8) is 0 Å². The largest absolute Gasteiger partial charge is 0.492 e. The third kappa shape index (κ3) is 6.52. The minimum atomic E-state index is 0. The Bertz CT molecular complexity index is 557. The first-order chi connectivity index (χ1) is 11.5. The van der Waals surface area contributed by atoms with Gasteiger partial charge in [-0.1, -0.05) is 36.0 Å². The van der Waals surface area contributed by atoms with Crippen molar-refractivity contribution < 1.29 is 9.53 Å². The second kappa shape index (κ2) is 11.1. The lowest BCUT2D eigenvalue weighted by Gasteiger charge is -2.38. The van der Waals surface area contributed by atoms with Crippen LogP contribution < -0.4 is 10.1 Å². The van der Waals surface area contributed by atoms with Crippen molar-refractivity contribution in [3.05, 3.63) is 28.2 Å². The maximum absolute atomic E-state index is 12.4. The van der Waals surface area contributed by atoms with E-state index in [1.54, 1.807) is 18.2 Å². The fourth-order valence-corrected chi connectivity index (χ4v) is 3.73. The van der Waals surface area contributed by atoms with Crippen molar-refractivity contribution >= 4 is 41.5 Å². The van der Waals surface area contributed by atoms with Gasteiger partial charge in [0.2, 0.25) is 5.91 Å². The fraction of sp³-hybridized carbons (Fsp3) is 0.611. The van der Waals surface area contributed by atoms with E-state index in [2.05, 4.69) is 5.32 Å². The number of ether oxygens (including phenoxy) is 1. The molecule has 25 heavy (non-hydrogen) atoms. The number of rotatable bonds is 7. The molecule has 2 rings (SSSR count). The van der Waals surface area contributed by atoms with Crippen LogP contribution >= 0.6 is 35.6 Å². The monoisotopic (exact) mass is 408 g/mol. The van der Waals surface area contributed by atoms with Gasteiger partial charge in [0.1, 0.15) is 5.75 Å². The zero-order chi connectivity index (χ0) is 17.5. The Kier molecular flexibility index (Phi) is 9.95. The van der Waals surface area contributed by atoms with Gasteiger partial charge in [0.25, 0.3) is 0 Å². The van der Waals surface area contributed by atoms with E-state index in [-0.39, 0.29) is 18.3 Å². The van der Waals surface area contributed by atoms with Crippen molar-refractivity contribution in [3.8, 4) is 5.75 Å². The fourth-order valence-electron chi connectivity index (χ4n) is 3.27. The zero-order valence-electron chi connectivity index (χ0n) is 14.8. The molecule has 0 saturated heterocycles. The molecule has 142 valence electrons. The molecule has 0 aliphatic heterocycles. The second-order valence-electron chi connectivity index (χ2n) is 6.28. The van der Waals surface area contributed by atoms with Gasteiger partial charge < -0.3 is 15.0 Å². The van der Waals surface area contributed by atoms with E-state index in [9.17, 15) is 4.79 Å². The molecular formula is C18H27Cl3N2O2. The number of nitrogens with zero attached hydrogens (tertiary/aromatic N) is 1. The van der Waals surface area contributed by atoms with Crippen LogP contribution in [0, 0.1) is 0 Å². The van der Waals surface area contributed by atoms with Gasteiger partial charge in [-0.2, -0.15) is 0 Å². The van der Waals surface area contributed by atoms with Crippen LogP contribution in [-0.2, 0) is 4.79 Å². The topological polar surface area (TPSA) is 41.6 Å². The molecule has 0 heterocycles. The first-order valence-corrected chi connectivity index (χ1v) is 9.29. The lowest BCUT2D eigenvalue weighted by Crippen LogP contribution is -2.51. The Balaban J connectivity index is 0.00000312. The predicted octanol–water partition coefficient (Wildman–Crippen LogP) is 4.56. The molecule has 0 radical (unpaired) electrons. The Morgan fingerprint density at radius 2 is 2.04 bits per heavy atom. The molecule has 0 aromatic heterocycles. The van der Waals surface area contributed by atoms with Gasteiger partial charge in [-0.3, -0.25) is 4.79 Å². The molecule has 7 heteroatoms. The first-order valence-electron chi connectivity index (χ1n) is 8.53. The summed E-state index contributed by atoms with van der Waals surface area (Å²) in [5.74, 6) is 0.775. The molecule has 1 saturated carbocycles. The first kappa shape index (κ1) is 22.4. The van der Waals surface area contributed by atoms with Crippen molar-refractivity contribution in [2.75, 3.05) is 20.7 Å². The van der Waals surface area contributed by atoms with E-state index in [4.69, 9.17) is 27.9 Å². The molecule has 1 aliphatic rings. The highest BCUT2D eigenvalue weighted by molar-refractivity contribution is 6.35. The van der Waals surface area contributed by atoms with Crippen molar-refractivity contribution in [2.45, 2.75) is 50.6 Å². The summed E-state index contributed by atoms with van der Waals surface area (Å²) >= 11 is 11.9. The molecular weight excluding hydrogens is 383 g/mol. The van der Waals surface area contributed by atoms with Gasteiger partial charge in [-0.05, 0) is 44.5 Å². The minimum absolute atomic E-state index is 0. The van der Waals surface area contributed by atoms with Gasteiger partial charge in [0, 0.05) is 30.6 Å². The molecule has 1 N–H and O–H groups in total. The maximum Gasteiger partial charge on any atom is 0.222 e. The van der Waals surface area contributed by atoms with E-state index in [0.29, 0.717) is 47.3 Å². The SMILES string of the molecule is CNC1CCCCC1N(C)C(=O)CCCOc1ccc(Cl)cc1Cl.Cl. The standard InChI is InChI=1S/C18H26Cl2N2O2.ClH/c1-21-15-6-3-4-7-16(15)22(2)18(23)8-5-11-24-17-10-9-13(19)12-14(17)20;/h9-10,12,15-16,21H,3-8,11H2,1-2H3;1H.